The molecule has 114 valence electrons. The van der Waals surface area contributed by atoms with E-state index in [9.17, 15) is 18.0 Å². The predicted molar refractivity (Wildman–Crippen MR) is 78.3 cm³/mol. The number of methoxy groups -OCH3 is 1. The average Bonchev–Trinajstić information content (AvgIpc) is 2.79. The molecule has 0 aromatic heterocycles. The molecule has 0 radical (unpaired) electrons. The molecule has 0 aliphatic carbocycles. The summed E-state index contributed by atoms with van der Waals surface area (Å²) in [5, 5.41) is -0.882. The number of benzene rings is 1. The molecule has 0 N–H and O–H groups in total. The van der Waals surface area contributed by atoms with Crippen molar-refractivity contribution < 1.29 is 22.7 Å². The summed E-state index contributed by atoms with van der Waals surface area (Å²) in [6.07, 6.45) is -0.252. The molecular weight excluding hydrogens is 341 g/mol. The fourth-order valence-electron chi connectivity index (χ4n) is 2.14. The summed E-state index contributed by atoms with van der Waals surface area (Å²) >= 11 is 6.05. The molecule has 1 saturated heterocycles. The summed E-state index contributed by atoms with van der Waals surface area (Å²) in [5.41, 5.74) is 0.227. The first-order valence-electron chi connectivity index (χ1n) is 5.86. The number of anilines is 1. The molecule has 1 aliphatic rings. The highest BCUT2D eigenvalue weighted by molar-refractivity contribution is 8.14. The molecule has 9 heteroatoms. The topological polar surface area (TPSA) is 80.8 Å². The molecule has 1 aromatic carbocycles. The van der Waals surface area contributed by atoms with Crippen molar-refractivity contribution >= 4 is 48.9 Å². The summed E-state index contributed by atoms with van der Waals surface area (Å²) in [4.78, 5) is 25.0. The van der Waals surface area contributed by atoms with Gasteiger partial charge in [0.05, 0.1) is 23.4 Å². The predicted octanol–water partition coefficient (Wildman–Crippen LogP) is 1.80. The van der Waals surface area contributed by atoms with Gasteiger partial charge in [-0.1, -0.05) is 17.7 Å². The fourth-order valence-corrected chi connectivity index (χ4v) is 3.45. The first kappa shape index (κ1) is 16.1. The largest absolute Gasteiger partial charge is 0.465 e. The zero-order chi connectivity index (χ0) is 15.8. The SMILES string of the molecule is COC(=O)c1cccc(Cl)c1N1CC(S(=O)(=O)Cl)CC1=O. The van der Waals surface area contributed by atoms with Gasteiger partial charge in [0.25, 0.3) is 0 Å². The van der Waals surface area contributed by atoms with Crippen LogP contribution in [0.15, 0.2) is 18.2 Å². The van der Waals surface area contributed by atoms with Crippen LogP contribution in [0.3, 0.4) is 0 Å². The van der Waals surface area contributed by atoms with Crippen LogP contribution in [-0.2, 0) is 18.6 Å². The van der Waals surface area contributed by atoms with Crippen molar-refractivity contribution in [3.63, 3.8) is 0 Å². The standard InChI is InChI=1S/C12H11Cl2NO5S/c1-20-12(17)8-3-2-4-9(13)11(8)15-6-7(5-10(15)16)21(14,18)19/h2-4,7H,5-6H2,1H3. The number of hydrogen-bond donors (Lipinski definition) is 0. The van der Waals surface area contributed by atoms with Crippen LogP contribution in [0.1, 0.15) is 16.8 Å². The summed E-state index contributed by atoms with van der Waals surface area (Å²) in [6, 6.07) is 4.48. The number of para-hydroxylation sites is 1. The van der Waals surface area contributed by atoms with Crippen LogP contribution in [0.4, 0.5) is 5.69 Å². The number of ether oxygens (including phenoxy) is 1. The van der Waals surface area contributed by atoms with Crippen LogP contribution >= 0.6 is 22.3 Å². The molecule has 6 nitrogen and oxygen atoms in total. The first-order chi connectivity index (χ1) is 9.75. The van der Waals surface area contributed by atoms with Crippen molar-refractivity contribution in [3.8, 4) is 0 Å². The molecular formula is C12H11Cl2NO5S. The van der Waals surface area contributed by atoms with Gasteiger partial charge in [0.2, 0.25) is 15.0 Å². The quantitative estimate of drug-likeness (QED) is 0.612. The van der Waals surface area contributed by atoms with E-state index in [1.54, 1.807) is 0 Å². The number of halogens is 2. The highest BCUT2D eigenvalue weighted by atomic mass is 35.7. The molecule has 0 bridgehead atoms. The van der Waals surface area contributed by atoms with Gasteiger partial charge in [-0.2, -0.15) is 0 Å². The average molecular weight is 352 g/mol. The van der Waals surface area contributed by atoms with Crippen LogP contribution in [0.25, 0.3) is 0 Å². The molecule has 1 atom stereocenters. The Morgan fingerprint density at radius 3 is 2.62 bits per heavy atom. The molecule has 0 saturated carbocycles. The van der Waals surface area contributed by atoms with Gasteiger partial charge in [-0.25, -0.2) is 13.2 Å². The van der Waals surface area contributed by atoms with E-state index < -0.39 is 26.2 Å². The van der Waals surface area contributed by atoms with E-state index in [-0.39, 0.29) is 29.2 Å². The second-order valence-electron chi connectivity index (χ2n) is 4.43. The number of rotatable bonds is 3. The zero-order valence-electron chi connectivity index (χ0n) is 10.9. The number of esters is 1. The van der Waals surface area contributed by atoms with Gasteiger partial charge in [0, 0.05) is 23.6 Å². The number of carbonyl (C=O) groups excluding carboxylic acids is 2. The van der Waals surface area contributed by atoms with Crippen LogP contribution in [0, 0.1) is 0 Å². The minimum absolute atomic E-state index is 0.0889. The Kier molecular flexibility index (Phi) is 4.46. The first-order valence-corrected chi connectivity index (χ1v) is 8.61. The Labute approximate surface area is 131 Å². The summed E-state index contributed by atoms with van der Waals surface area (Å²) in [7, 11) is 2.62. The third kappa shape index (κ3) is 3.14. The molecule has 0 spiro atoms. The number of hydrogen-bond acceptors (Lipinski definition) is 5. The van der Waals surface area contributed by atoms with Crippen LogP contribution in [0.2, 0.25) is 5.02 Å². The summed E-state index contributed by atoms with van der Waals surface area (Å²) in [6.45, 7) is -0.154. The van der Waals surface area contributed by atoms with Crippen molar-refractivity contribution in [3.05, 3.63) is 28.8 Å². The minimum Gasteiger partial charge on any atom is -0.465 e. The maximum atomic E-state index is 12.0. The maximum Gasteiger partial charge on any atom is 0.340 e. The zero-order valence-corrected chi connectivity index (χ0v) is 13.2. The number of carbonyl (C=O) groups is 2. The molecule has 1 unspecified atom stereocenters. The van der Waals surface area contributed by atoms with Gasteiger partial charge < -0.3 is 9.64 Å². The van der Waals surface area contributed by atoms with Crippen molar-refractivity contribution in [2.24, 2.45) is 0 Å². The third-order valence-electron chi connectivity index (χ3n) is 3.15. The smallest absolute Gasteiger partial charge is 0.340 e. The fraction of sp³-hybridized carbons (Fsp3) is 0.333. The monoisotopic (exact) mass is 351 g/mol. The Bertz CT molecular complexity index is 704. The molecule has 1 amide bonds. The van der Waals surface area contributed by atoms with E-state index in [1.165, 1.54) is 25.3 Å². The van der Waals surface area contributed by atoms with Crippen molar-refractivity contribution in [2.45, 2.75) is 11.7 Å². The van der Waals surface area contributed by atoms with Gasteiger partial charge in [-0.05, 0) is 12.1 Å². The molecule has 1 aromatic rings. The Morgan fingerprint density at radius 1 is 1.43 bits per heavy atom. The van der Waals surface area contributed by atoms with Crippen LogP contribution < -0.4 is 4.90 Å². The van der Waals surface area contributed by atoms with Crippen molar-refractivity contribution in [1.29, 1.82) is 0 Å². The van der Waals surface area contributed by atoms with E-state index in [0.717, 1.165) is 4.90 Å². The molecule has 1 heterocycles. The van der Waals surface area contributed by atoms with Crippen LogP contribution in [-0.4, -0.2) is 39.2 Å². The van der Waals surface area contributed by atoms with Crippen molar-refractivity contribution in [1.82, 2.24) is 0 Å². The van der Waals surface area contributed by atoms with Gasteiger partial charge >= 0.3 is 5.97 Å². The highest BCUT2D eigenvalue weighted by Crippen LogP contribution is 2.35. The lowest BCUT2D eigenvalue weighted by Crippen LogP contribution is -2.28. The molecule has 1 fully saturated rings. The minimum atomic E-state index is -3.88. The molecule has 2 rings (SSSR count). The Hall–Kier alpha value is -1.31. The lowest BCUT2D eigenvalue weighted by Gasteiger charge is -2.20. The van der Waals surface area contributed by atoms with E-state index in [1.807, 2.05) is 0 Å². The Balaban J connectivity index is 2.48. The van der Waals surface area contributed by atoms with E-state index in [2.05, 4.69) is 4.74 Å². The van der Waals surface area contributed by atoms with Crippen molar-refractivity contribution in [2.75, 3.05) is 18.6 Å². The van der Waals surface area contributed by atoms with E-state index >= 15 is 0 Å². The van der Waals surface area contributed by atoms with Crippen LogP contribution in [0.5, 0.6) is 0 Å². The summed E-state index contributed by atoms with van der Waals surface area (Å²) in [5.74, 6) is -1.14. The third-order valence-corrected chi connectivity index (χ3v) is 5.32. The van der Waals surface area contributed by atoms with E-state index in [4.69, 9.17) is 22.3 Å². The molecule has 1 aliphatic heterocycles. The number of amides is 1. The second kappa shape index (κ2) is 5.82. The van der Waals surface area contributed by atoms with E-state index in [0.29, 0.717) is 0 Å². The van der Waals surface area contributed by atoms with Gasteiger partial charge in [-0.15, -0.1) is 0 Å². The Morgan fingerprint density at radius 2 is 2.10 bits per heavy atom. The highest BCUT2D eigenvalue weighted by Gasteiger charge is 2.40. The summed E-state index contributed by atoms with van der Waals surface area (Å²) < 4.78 is 27.4. The maximum absolute atomic E-state index is 12.0. The lowest BCUT2D eigenvalue weighted by molar-refractivity contribution is -0.117. The molecule has 21 heavy (non-hydrogen) atoms. The van der Waals surface area contributed by atoms with Gasteiger partial charge in [0.1, 0.15) is 5.25 Å². The lowest BCUT2D eigenvalue weighted by atomic mass is 10.1. The second-order valence-corrected chi connectivity index (χ2v) is 7.75. The van der Waals surface area contributed by atoms with Gasteiger partial charge in [0.15, 0.2) is 0 Å². The number of nitrogens with zero attached hydrogens (tertiary/aromatic N) is 1. The van der Waals surface area contributed by atoms with Gasteiger partial charge in [-0.3, -0.25) is 4.79 Å². The normalized spacial score (nSPS) is 18.9.